The summed E-state index contributed by atoms with van der Waals surface area (Å²) in [6.45, 7) is 2.05. The fourth-order valence-electron chi connectivity index (χ4n) is 2.60. The minimum absolute atomic E-state index is 0.0587. The Labute approximate surface area is 119 Å². The first kappa shape index (κ1) is 14.6. The predicted molar refractivity (Wildman–Crippen MR) is 78.9 cm³/mol. The van der Waals surface area contributed by atoms with E-state index in [2.05, 4.69) is 0 Å². The third-order valence-corrected chi connectivity index (χ3v) is 3.87. The lowest BCUT2D eigenvalue weighted by atomic mass is 10.0. The smallest absolute Gasteiger partial charge is 0.176 e. The van der Waals surface area contributed by atoms with Crippen LogP contribution in [0.1, 0.15) is 18.9 Å². The summed E-state index contributed by atoms with van der Waals surface area (Å²) >= 11 is 0. The second kappa shape index (κ2) is 5.67. The van der Waals surface area contributed by atoms with Crippen molar-refractivity contribution < 1.29 is 14.6 Å². The number of likely N-dealkylation sites (N-methyl/N-ethyl adjacent to an activating group) is 1. The van der Waals surface area contributed by atoms with Gasteiger partial charge in [-0.3, -0.25) is 9.69 Å². The van der Waals surface area contributed by atoms with Crippen LogP contribution >= 0.6 is 0 Å². The van der Waals surface area contributed by atoms with Crippen molar-refractivity contribution >= 4 is 11.9 Å². The molecule has 1 saturated carbocycles. The van der Waals surface area contributed by atoms with Crippen molar-refractivity contribution in [1.29, 1.82) is 0 Å². The topological polar surface area (TPSA) is 49.8 Å². The van der Waals surface area contributed by atoms with Gasteiger partial charge in [-0.1, -0.05) is 6.92 Å². The molecule has 1 aliphatic rings. The fraction of sp³-hybridized carbons (Fsp3) is 0.438. The number of carbonyl (C=O) groups excluding carboxylic acids is 1. The van der Waals surface area contributed by atoms with E-state index in [0.717, 1.165) is 12.0 Å². The molecular formula is C16H21NO3. The van der Waals surface area contributed by atoms with E-state index in [-0.39, 0.29) is 23.5 Å². The van der Waals surface area contributed by atoms with Crippen LogP contribution in [-0.2, 0) is 4.79 Å². The maximum atomic E-state index is 12.4. The van der Waals surface area contributed by atoms with E-state index >= 15 is 0 Å². The molecule has 0 radical (unpaired) electrons. The molecule has 20 heavy (non-hydrogen) atoms. The molecule has 0 aliphatic heterocycles. The second-order valence-corrected chi connectivity index (χ2v) is 5.50. The van der Waals surface area contributed by atoms with Crippen molar-refractivity contribution in [3.8, 4) is 11.5 Å². The van der Waals surface area contributed by atoms with Gasteiger partial charge in [0.05, 0.1) is 13.2 Å². The number of phenols is 1. The molecule has 1 N–H and O–H groups in total. The monoisotopic (exact) mass is 275 g/mol. The fourth-order valence-corrected chi connectivity index (χ4v) is 2.60. The number of nitrogens with zero attached hydrogens (tertiary/aromatic N) is 1. The van der Waals surface area contributed by atoms with Gasteiger partial charge >= 0.3 is 0 Å². The second-order valence-electron chi connectivity index (χ2n) is 5.50. The van der Waals surface area contributed by atoms with Gasteiger partial charge < -0.3 is 9.84 Å². The highest BCUT2D eigenvalue weighted by Crippen LogP contribution is 2.34. The number of hydrogen-bond acceptors (Lipinski definition) is 4. The van der Waals surface area contributed by atoms with Crippen LogP contribution in [0.2, 0.25) is 0 Å². The molecule has 2 atom stereocenters. The Kier molecular flexibility index (Phi) is 4.14. The lowest BCUT2D eigenvalue weighted by molar-refractivity contribution is -0.118. The minimum Gasteiger partial charge on any atom is -0.507 e. The zero-order valence-corrected chi connectivity index (χ0v) is 12.4. The Bertz CT molecular complexity index is 549. The van der Waals surface area contributed by atoms with Crippen molar-refractivity contribution in [2.45, 2.75) is 19.4 Å². The third-order valence-electron chi connectivity index (χ3n) is 3.87. The van der Waals surface area contributed by atoms with Crippen LogP contribution in [0.25, 0.3) is 6.08 Å². The SMILES string of the molecule is COc1ccc(C=C2C(=O)C(N(C)C)CC2C)c(O)c1. The van der Waals surface area contributed by atoms with E-state index < -0.39 is 0 Å². The first-order valence-corrected chi connectivity index (χ1v) is 6.73. The van der Waals surface area contributed by atoms with E-state index in [1.807, 2.05) is 25.9 Å². The highest BCUT2D eigenvalue weighted by molar-refractivity contribution is 6.06. The van der Waals surface area contributed by atoms with Gasteiger partial charge in [-0.25, -0.2) is 0 Å². The molecule has 1 fully saturated rings. The van der Waals surface area contributed by atoms with E-state index in [9.17, 15) is 9.90 Å². The maximum Gasteiger partial charge on any atom is 0.176 e. The number of ether oxygens (including phenoxy) is 1. The summed E-state index contributed by atoms with van der Waals surface area (Å²) in [5.74, 6) is 1.08. The molecule has 0 aromatic heterocycles. The number of hydrogen-bond donors (Lipinski definition) is 1. The average Bonchev–Trinajstić information content (AvgIpc) is 2.68. The summed E-state index contributed by atoms with van der Waals surface area (Å²) in [6.07, 6.45) is 2.62. The Morgan fingerprint density at radius 1 is 1.40 bits per heavy atom. The molecular weight excluding hydrogens is 254 g/mol. The summed E-state index contributed by atoms with van der Waals surface area (Å²) in [4.78, 5) is 14.3. The van der Waals surface area contributed by atoms with E-state index in [1.165, 1.54) is 0 Å². The Balaban J connectivity index is 2.33. The van der Waals surface area contributed by atoms with Crippen molar-refractivity contribution in [2.24, 2.45) is 5.92 Å². The standard InChI is InChI=1S/C16H21NO3/c1-10-7-14(17(2)3)16(19)13(10)8-11-5-6-12(20-4)9-15(11)18/h5-6,8-10,14,18H,7H2,1-4H3. The zero-order chi connectivity index (χ0) is 14.9. The van der Waals surface area contributed by atoms with Crippen LogP contribution in [0, 0.1) is 5.92 Å². The highest BCUT2D eigenvalue weighted by atomic mass is 16.5. The number of methoxy groups -OCH3 is 1. The lowest BCUT2D eigenvalue weighted by Crippen LogP contribution is -2.31. The van der Waals surface area contributed by atoms with Gasteiger partial charge in [0.1, 0.15) is 11.5 Å². The number of carbonyl (C=O) groups is 1. The van der Waals surface area contributed by atoms with Crippen LogP contribution in [0.3, 0.4) is 0 Å². The van der Waals surface area contributed by atoms with Crippen molar-refractivity contribution in [2.75, 3.05) is 21.2 Å². The highest BCUT2D eigenvalue weighted by Gasteiger charge is 2.36. The molecule has 2 rings (SSSR count). The first-order valence-electron chi connectivity index (χ1n) is 6.73. The zero-order valence-electron chi connectivity index (χ0n) is 12.4. The normalized spacial score (nSPS) is 24.6. The van der Waals surface area contributed by atoms with Gasteiger partial charge in [-0.05, 0) is 44.6 Å². The lowest BCUT2D eigenvalue weighted by Gasteiger charge is -2.16. The Morgan fingerprint density at radius 2 is 2.10 bits per heavy atom. The van der Waals surface area contributed by atoms with Gasteiger partial charge in [0.25, 0.3) is 0 Å². The average molecular weight is 275 g/mol. The van der Waals surface area contributed by atoms with Crippen LogP contribution < -0.4 is 4.74 Å². The molecule has 1 aromatic carbocycles. The third kappa shape index (κ3) is 2.70. The minimum atomic E-state index is -0.0587. The van der Waals surface area contributed by atoms with Crippen LogP contribution in [0.5, 0.6) is 11.5 Å². The largest absolute Gasteiger partial charge is 0.507 e. The molecule has 108 valence electrons. The predicted octanol–water partition coefficient (Wildman–Crippen LogP) is 2.32. The molecule has 1 aliphatic carbocycles. The molecule has 2 unspecified atom stereocenters. The van der Waals surface area contributed by atoms with Crippen molar-refractivity contribution in [1.82, 2.24) is 4.90 Å². The van der Waals surface area contributed by atoms with E-state index in [1.54, 1.807) is 31.4 Å². The summed E-state index contributed by atoms with van der Waals surface area (Å²) in [5, 5.41) is 9.98. The molecule has 0 spiro atoms. The summed E-state index contributed by atoms with van der Waals surface area (Å²) in [5.41, 5.74) is 1.43. The number of aromatic hydroxyl groups is 1. The summed E-state index contributed by atoms with van der Waals surface area (Å²) in [6, 6.07) is 5.04. The van der Waals surface area contributed by atoms with Crippen LogP contribution in [0.4, 0.5) is 0 Å². The van der Waals surface area contributed by atoms with Crippen molar-refractivity contribution in [3.63, 3.8) is 0 Å². The summed E-state index contributed by atoms with van der Waals surface area (Å²) in [7, 11) is 5.39. The number of rotatable bonds is 3. The van der Waals surface area contributed by atoms with Gasteiger partial charge in [0.15, 0.2) is 5.78 Å². The molecule has 0 amide bonds. The first-order chi connectivity index (χ1) is 9.43. The number of ketones is 1. The van der Waals surface area contributed by atoms with Crippen LogP contribution in [0.15, 0.2) is 23.8 Å². The number of Topliss-reactive ketones (excluding diaryl/α,β-unsaturated/α-hetero) is 1. The van der Waals surface area contributed by atoms with Gasteiger partial charge in [-0.15, -0.1) is 0 Å². The van der Waals surface area contributed by atoms with Gasteiger partial charge in [0.2, 0.25) is 0 Å². The Hall–Kier alpha value is -1.81. The maximum absolute atomic E-state index is 12.4. The van der Waals surface area contributed by atoms with E-state index in [0.29, 0.717) is 11.3 Å². The van der Waals surface area contributed by atoms with Crippen molar-refractivity contribution in [3.05, 3.63) is 29.3 Å². The Morgan fingerprint density at radius 3 is 2.60 bits per heavy atom. The molecule has 4 heteroatoms. The molecule has 1 aromatic rings. The molecule has 0 bridgehead atoms. The quantitative estimate of drug-likeness (QED) is 0.860. The van der Waals surface area contributed by atoms with Gasteiger partial charge in [-0.2, -0.15) is 0 Å². The number of benzene rings is 1. The van der Waals surface area contributed by atoms with Gasteiger partial charge in [0, 0.05) is 17.2 Å². The molecule has 4 nitrogen and oxygen atoms in total. The number of phenolic OH excluding ortho intramolecular Hbond substituents is 1. The summed E-state index contributed by atoms with van der Waals surface area (Å²) < 4.78 is 5.06. The molecule has 0 heterocycles. The molecule has 0 saturated heterocycles. The van der Waals surface area contributed by atoms with E-state index in [4.69, 9.17) is 4.74 Å². The van der Waals surface area contributed by atoms with Crippen LogP contribution in [-0.4, -0.2) is 43.0 Å².